The smallest absolute Gasteiger partial charge is 0.335 e. The third kappa shape index (κ3) is 3.04. The minimum atomic E-state index is -0.985. The topological polar surface area (TPSA) is 107 Å². The number of aromatic carboxylic acids is 1. The first kappa shape index (κ1) is 17.3. The average molecular weight is 355 g/mol. The first-order chi connectivity index (χ1) is 12.6. The summed E-state index contributed by atoms with van der Waals surface area (Å²) in [6.07, 6.45) is 0. The second kappa shape index (κ2) is 7.14. The zero-order valence-corrected chi connectivity index (χ0v) is 14.4. The van der Waals surface area contributed by atoms with E-state index in [1.54, 1.807) is 24.3 Å². The van der Waals surface area contributed by atoms with E-state index in [0.717, 1.165) is 5.56 Å². The maximum Gasteiger partial charge on any atom is 0.335 e. The van der Waals surface area contributed by atoms with Crippen molar-refractivity contribution in [2.24, 2.45) is 0 Å². The van der Waals surface area contributed by atoms with Crippen LogP contribution in [0.1, 0.15) is 10.4 Å². The fraction of sp³-hybridized carbons (Fsp3) is 0.167. The summed E-state index contributed by atoms with van der Waals surface area (Å²) in [5.41, 5.74) is 2.80. The van der Waals surface area contributed by atoms with E-state index in [4.69, 9.17) is 19.3 Å². The van der Waals surface area contributed by atoms with Crippen LogP contribution in [0.2, 0.25) is 0 Å². The van der Waals surface area contributed by atoms with Crippen molar-refractivity contribution < 1.29 is 24.1 Å². The summed E-state index contributed by atoms with van der Waals surface area (Å²) in [4.78, 5) is 11.0. The maximum atomic E-state index is 11.0. The Morgan fingerprint density at radius 3 is 1.88 bits per heavy atom. The number of nitrogens with zero attached hydrogens (tertiary/aromatic N) is 2. The van der Waals surface area contributed by atoms with E-state index in [9.17, 15) is 4.79 Å². The predicted molar refractivity (Wildman–Crippen MR) is 93.9 cm³/mol. The van der Waals surface area contributed by atoms with Crippen molar-refractivity contribution >= 4 is 5.97 Å². The number of aromatic nitrogens is 3. The molecule has 0 radical (unpaired) electrons. The van der Waals surface area contributed by atoms with Crippen molar-refractivity contribution in [2.45, 2.75) is 0 Å². The van der Waals surface area contributed by atoms with E-state index in [2.05, 4.69) is 15.4 Å². The quantitative estimate of drug-likeness (QED) is 0.700. The van der Waals surface area contributed by atoms with E-state index in [1.165, 1.54) is 33.5 Å². The maximum absolute atomic E-state index is 11.0. The van der Waals surface area contributed by atoms with E-state index in [-0.39, 0.29) is 5.56 Å². The number of ether oxygens (including phenoxy) is 3. The molecule has 3 aromatic rings. The van der Waals surface area contributed by atoms with Gasteiger partial charge in [-0.05, 0) is 24.3 Å². The molecule has 0 aliphatic rings. The van der Waals surface area contributed by atoms with Gasteiger partial charge >= 0.3 is 5.97 Å². The fourth-order valence-electron chi connectivity index (χ4n) is 2.62. The highest BCUT2D eigenvalue weighted by Gasteiger charge is 2.19. The number of hydrogen-bond acceptors (Lipinski definition) is 6. The molecule has 26 heavy (non-hydrogen) atoms. The number of hydrogen-bond donors (Lipinski definition) is 2. The molecule has 1 heterocycles. The molecule has 0 atom stereocenters. The van der Waals surface area contributed by atoms with Gasteiger partial charge in [-0.1, -0.05) is 12.1 Å². The molecule has 1 aromatic heterocycles. The molecule has 3 rings (SSSR count). The highest BCUT2D eigenvalue weighted by molar-refractivity contribution is 5.89. The van der Waals surface area contributed by atoms with Crippen molar-refractivity contribution in [2.75, 3.05) is 21.3 Å². The summed E-state index contributed by atoms with van der Waals surface area (Å²) in [6.45, 7) is 0. The normalized spacial score (nSPS) is 10.4. The molecule has 0 bridgehead atoms. The lowest BCUT2D eigenvalue weighted by Gasteiger charge is -2.13. The lowest BCUT2D eigenvalue weighted by atomic mass is 10.0. The number of H-pyrrole nitrogens is 1. The van der Waals surface area contributed by atoms with Crippen molar-refractivity contribution in [3.63, 3.8) is 0 Å². The monoisotopic (exact) mass is 355 g/mol. The number of rotatable bonds is 6. The van der Waals surface area contributed by atoms with Crippen LogP contribution in [-0.2, 0) is 0 Å². The van der Waals surface area contributed by atoms with Crippen LogP contribution in [0, 0.1) is 0 Å². The van der Waals surface area contributed by atoms with Gasteiger partial charge in [0.1, 0.15) is 11.4 Å². The Bertz CT molecular complexity index is 909. The third-order valence-corrected chi connectivity index (χ3v) is 3.89. The van der Waals surface area contributed by atoms with Crippen LogP contribution in [0.4, 0.5) is 0 Å². The predicted octanol–water partition coefficient (Wildman–Crippen LogP) is 2.86. The zero-order chi connectivity index (χ0) is 18.7. The molecule has 0 spiro atoms. The SMILES string of the molecule is COc1cc(-c2n[nH]nc2-c2ccc(C(=O)O)cc2)cc(OC)c1OC. The number of nitrogens with one attached hydrogen (secondary N) is 1. The van der Waals surface area contributed by atoms with Crippen molar-refractivity contribution in [1.29, 1.82) is 0 Å². The van der Waals surface area contributed by atoms with Gasteiger partial charge in [-0.15, -0.1) is 0 Å². The van der Waals surface area contributed by atoms with Gasteiger partial charge in [-0.2, -0.15) is 15.4 Å². The molecule has 0 amide bonds. The Balaban J connectivity index is 2.09. The summed E-state index contributed by atoms with van der Waals surface area (Å²) in [5, 5.41) is 20.1. The molecular formula is C18H17N3O5. The standard InChI is InChI=1S/C18H17N3O5/c1-24-13-8-12(9-14(25-2)17(13)26-3)16-15(19-21-20-16)10-4-6-11(7-5-10)18(22)23/h4-9H,1-3H3,(H,22,23)(H,19,20,21). The number of benzene rings is 2. The highest BCUT2D eigenvalue weighted by Crippen LogP contribution is 2.42. The fourth-order valence-corrected chi connectivity index (χ4v) is 2.62. The molecule has 8 nitrogen and oxygen atoms in total. The lowest BCUT2D eigenvalue weighted by molar-refractivity contribution is 0.0697. The molecular weight excluding hydrogens is 338 g/mol. The number of carbonyl (C=O) groups is 1. The van der Waals surface area contributed by atoms with Crippen LogP contribution in [-0.4, -0.2) is 47.8 Å². The van der Waals surface area contributed by atoms with E-state index in [0.29, 0.717) is 34.2 Å². The second-order valence-corrected chi connectivity index (χ2v) is 5.32. The van der Waals surface area contributed by atoms with Gasteiger partial charge in [0.25, 0.3) is 0 Å². The molecule has 0 unspecified atom stereocenters. The van der Waals surface area contributed by atoms with Crippen molar-refractivity contribution in [1.82, 2.24) is 15.4 Å². The Morgan fingerprint density at radius 2 is 1.42 bits per heavy atom. The Kier molecular flexibility index (Phi) is 4.74. The second-order valence-electron chi connectivity index (χ2n) is 5.32. The molecule has 0 fully saturated rings. The Labute approximate surface area is 149 Å². The molecule has 0 aliphatic carbocycles. The first-order valence-corrected chi connectivity index (χ1v) is 7.64. The molecule has 0 saturated carbocycles. The van der Waals surface area contributed by atoms with Gasteiger partial charge < -0.3 is 19.3 Å². The third-order valence-electron chi connectivity index (χ3n) is 3.89. The lowest BCUT2D eigenvalue weighted by Crippen LogP contribution is -1.97. The van der Waals surface area contributed by atoms with E-state index >= 15 is 0 Å². The summed E-state index contributed by atoms with van der Waals surface area (Å²) in [6, 6.07) is 9.95. The van der Waals surface area contributed by atoms with Crippen molar-refractivity contribution in [3.8, 4) is 39.8 Å². The van der Waals surface area contributed by atoms with Gasteiger partial charge in [0.2, 0.25) is 5.75 Å². The van der Waals surface area contributed by atoms with E-state index < -0.39 is 5.97 Å². The van der Waals surface area contributed by atoms with Crippen LogP contribution < -0.4 is 14.2 Å². The van der Waals surface area contributed by atoms with Crippen LogP contribution in [0.3, 0.4) is 0 Å². The van der Waals surface area contributed by atoms with Crippen LogP contribution in [0.15, 0.2) is 36.4 Å². The van der Waals surface area contributed by atoms with Gasteiger partial charge in [0, 0.05) is 11.1 Å². The zero-order valence-electron chi connectivity index (χ0n) is 14.4. The van der Waals surface area contributed by atoms with Crippen LogP contribution >= 0.6 is 0 Å². The van der Waals surface area contributed by atoms with Crippen LogP contribution in [0.25, 0.3) is 22.5 Å². The Hall–Kier alpha value is -3.55. The van der Waals surface area contributed by atoms with Gasteiger partial charge in [-0.25, -0.2) is 4.79 Å². The molecule has 0 aliphatic heterocycles. The summed E-state index contributed by atoms with van der Waals surface area (Å²) in [5.74, 6) is 0.491. The van der Waals surface area contributed by atoms with Crippen LogP contribution in [0.5, 0.6) is 17.2 Å². The Morgan fingerprint density at radius 1 is 0.885 bits per heavy atom. The van der Waals surface area contributed by atoms with E-state index in [1.807, 2.05) is 0 Å². The number of carboxylic acid groups (broad SMARTS) is 1. The van der Waals surface area contributed by atoms with Gasteiger partial charge in [0.15, 0.2) is 11.5 Å². The summed E-state index contributed by atoms with van der Waals surface area (Å²) >= 11 is 0. The molecule has 0 saturated heterocycles. The van der Waals surface area contributed by atoms with Crippen molar-refractivity contribution in [3.05, 3.63) is 42.0 Å². The minimum absolute atomic E-state index is 0.201. The molecule has 2 aromatic carbocycles. The first-order valence-electron chi connectivity index (χ1n) is 7.64. The summed E-state index contributed by atoms with van der Waals surface area (Å²) in [7, 11) is 4.61. The largest absolute Gasteiger partial charge is 0.493 e. The molecule has 2 N–H and O–H groups in total. The average Bonchev–Trinajstić information content (AvgIpc) is 3.16. The van der Waals surface area contributed by atoms with Gasteiger partial charge in [0.05, 0.1) is 26.9 Å². The van der Waals surface area contributed by atoms with Gasteiger partial charge in [-0.3, -0.25) is 0 Å². The molecule has 8 heteroatoms. The number of carboxylic acids is 1. The molecule has 134 valence electrons. The highest BCUT2D eigenvalue weighted by atomic mass is 16.5. The minimum Gasteiger partial charge on any atom is -0.493 e. The summed E-state index contributed by atoms with van der Waals surface area (Å²) < 4.78 is 16.1. The number of methoxy groups -OCH3 is 3. The number of aromatic amines is 1.